The first kappa shape index (κ1) is 19.0. The van der Waals surface area contributed by atoms with Gasteiger partial charge in [0.25, 0.3) is 0 Å². The van der Waals surface area contributed by atoms with Crippen LogP contribution in [0.1, 0.15) is 67.4 Å². The second kappa shape index (κ2) is 7.97. The summed E-state index contributed by atoms with van der Waals surface area (Å²) >= 11 is 0. The summed E-state index contributed by atoms with van der Waals surface area (Å²) in [5.74, 6) is 2.78. The molecule has 150 valence electrons. The fraction of sp³-hybridized carbons (Fsp3) is 0.600. The normalized spacial score (nSPS) is 16.9. The summed E-state index contributed by atoms with van der Waals surface area (Å²) < 4.78 is 13.3. The summed E-state index contributed by atoms with van der Waals surface area (Å²) in [4.78, 5) is 13.7. The van der Waals surface area contributed by atoms with Crippen molar-refractivity contribution < 1.29 is 9.26 Å². The number of imidazole rings is 1. The third-order valence-corrected chi connectivity index (χ3v) is 5.34. The van der Waals surface area contributed by atoms with E-state index < -0.39 is 0 Å². The Kier molecular flexibility index (Phi) is 5.41. The van der Waals surface area contributed by atoms with Gasteiger partial charge in [0.15, 0.2) is 5.82 Å². The molecule has 0 saturated carbocycles. The molecule has 28 heavy (non-hydrogen) atoms. The summed E-state index contributed by atoms with van der Waals surface area (Å²) in [5, 5.41) is 7.82. The molecule has 0 bridgehead atoms. The average Bonchev–Trinajstić information content (AvgIpc) is 3.31. The summed E-state index contributed by atoms with van der Waals surface area (Å²) in [6.07, 6.45) is 3.84. The zero-order chi connectivity index (χ0) is 19.7. The van der Waals surface area contributed by atoms with Crippen molar-refractivity contribution in [1.29, 1.82) is 0 Å². The van der Waals surface area contributed by atoms with Gasteiger partial charge in [0.1, 0.15) is 0 Å². The van der Waals surface area contributed by atoms with Crippen molar-refractivity contribution >= 4 is 5.78 Å². The molecule has 0 aromatic carbocycles. The molecular formula is C20H28N6O2. The highest BCUT2D eigenvalue weighted by Crippen LogP contribution is 2.30. The first-order valence-electron chi connectivity index (χ1n) is 9.98. The smallest absolute Gasteiger partial charge is 0.244 e. The van der Waals surface area contributed by atoms with Gasteiger partial charge in [-0.25, -0.2) is 9.97 Å². The Morgan fingerprint density at radius 3 is 2.71 bits per heavy atom. The zero-order valence-corrected chi connectivity index (χ0v) is 17.0. The van der Waals surface area contributed by atoms with Gasteiger partial charge in [0.05, 0.1) is 17.9 Å². The lowest BCUT2D eigenvalue weighted by molar-refractivity contribution is 0.0485. The van der Waals surface area contributed by atoms with E-state index in [1.54, 1.807) is 0 Å². The van der Waals surface area contributed by atoms with Crippen LogP contribution in [0.2, 0.25) is 0 Å². The maximum absolute atomic E-state index is 5.64. The highest BCUT2D eigenvalue weighted by Gasteiger charge is 2.30. The average molecular weight is 384 g/mol. The quantitative estimate of drug-likeness (QED) is 0.698. The number of aromatic nitrogens is 5. The van der Waals surface area contributed by atoms with E-state index in [0.717, 1.165) is 54.7 Å². The largest absolute Gasteiger partial charge is 0.381 e. The second-order valence-corrected chi connectivity index (χ2v) is 7.88. The Morgan fingerprint density at radius 2 is 2.00 bits per heavy atom. The third-order valence-electron chi connectivity index (χ3n) is 5.34. The molecule has 1 aliphatic heterocycles. The topological polar surface area (TPSA) is 90.4 Å². The number of nitrogens with zero attached hydrogens (tertiary/aromatic N) is 5. The molecule has 0 amide bonds. The number of nitrogens with one attached hydrogen (secondary N) is 1. The van der Waals surface area contributed by atoms with E-state index >= 15 is 0 Å². The monoisotopic (exact) mass is 384 g/mol. The van der Waals surface area contributed by atoms with Crippen LogP contribution < -0.4 is 5.32 Å². The molecule has 4 rings (SSSR count). The van der Waals surface area contributed by atoms with Crippen molar-refractivity contribution in [2.75, 3.05) is 13.2 Å². The van der Waals surface area contributed by atoms with Gasteiger partial charge >= 0.3 is 0 Å². The molecule has 1 saturated heterocycles. The third kappa shape index (κ3) is 3.79. The molecule has 1 fully saturated rings. The molecule has 1 atom stereocenters. The van der Waals surface area contributed by atoms with Crippen molar-refractivity contribution in [1.82, 2.24) is 29.8 Å². The van der Waals surface area contributed by atoms with Crippen molar-refractivity contribution in [2.45, 2.75) is 59.0 Å². The SMILES string of the molecule is Cc1cc(C)n2c(CN[C@@H](c3nc(C(C)C)no3)C3CCOCC3)cnc2n1. The van der Waals surface area contributed by atoms with Crippen molar-refractivity contribution in [2.24, 2.45) is 5.92 Å². The van der Waals surface area contributed by atoms with Crippen LogP contribution in [-0.2, 0) is 11.3 Å². The van der Waals surface area contributed by atoms with Gasteiger partial charge in [-0.2, -0.15) is 4.98 Å². The van der Waals surface area contributed by atoms with E-state index in [-0.39, 0.29) is 12.0 Å². The maximum Gasteiger partial charge on any atom is 0.244 e. The van der Waals surface area contributed by atoms with Crippen LogP contribution in [0.5, 0.6) is 0 Å². The molecule has 3 aromatic heterocycles. The fourth-order valence-corrected chi connectivity index (χ4v) is 3.85. The van der Waals surface area contributed by atoms with Crippen LogP contribution >= 0.6 is 0 Å². The van der Waals surface area contributed by atoms with E-state index in [0.29, 0.717) is 18.4 Å². The van der Waals surface area contributed by atoms with E-state index in [2.05, 4.69) is 56.7 Å². The van der Waals surface area contributed by atoms with Gasteiger partial charge in [-0.3, -0.25) is 9.72 Å². The highest BCUT2D eigenvalue weighted by molar-refractivity contribution is 5.35. The van der Waals surface area contributed by atoms with Crippen molar-refractivity contribution in [3.8, 4) is 0 Å². The standard InChI is InChI=1S/C20H28N6O2/c1-12(2)18-24-19(28-25-18)17(15-5-7-27-8-6-15)21-10-16-11-22-20-23-13(3)9-14(4)26(16)20/h9,11-12,15,17,21H,5-8,10H2,1-4H3/t17-/m1/s1. The lowest BCUT2D eigenvalue weighted by Crippen LogP contribution is -2.32. The fourth-order valence-electron chi connectivity index (χ4n) is 3.85. The van der Waals surface area contributed by atoms with Gasteiger partial charge < -0.3 is 9.26 Å². The van der Waals surface area contributed by atoms with Crippen LogP contribution in [0.3, 0.4) is 0 Å². The zero-order valence-electron chi connectivity index (χ0n) is 17.0. The van der Waals surface area contributed by atoms with E-state index in [1.165, 1.54) is 0 Å². The molecule has 8 nitrogen and oxygen atoms in total. The van der Waals surface area contributed by atoms with Crippen LogP contribution in [0.15, 0.2) is 16.8 Å². The molecule has 0 spiro atoms. The molecule has 4 heterocycles. The van der Waals surface area contributed by atoms with Crippen LogP contribution in [0, 0.1) is 19.8 Å². The highest BCUT2D eigenvalue weighted by atomic mass is 16.5. The maximum atomic E-state index is 5.64. The Labute approximate surface area is 164 Å². The number of ether oxygens (including phenoxy) is 1. The summed E-state index contributed by atoms with van der Waals surface area (Å²) in [6, 6.07) is 2.06. The molecule has 1 N–H and O–H groups in total. The van der Waals surface area contributed by atoms with Crippen LogP contribution in [0.4, 0.5) is 0 Å². The molecular weight excluding hydrogens is 356 g/mol. The molecule has 0 radical (unpaired) electrons. The van der Waals surface area contributed by atoms with E-state index in [9.17, 15) is 0 Å². The van der Waals surface area contributed by atoms with Gasteiger partial charge in [-0.05, 0) is 38.7 Å². The van der Waals surface area contributed by atoms with E-state index in [1.807, 2.05) is 13.1 Å². The lowest BCUT2D eigenvalue weighted by Gasteiger charge is -2.28. The predicted octanol–water partition coefficient (Wildman–Crippen LogP) is 3.11. The first-order chi connectivity index (χ1) is 13.5. The minimum Gasteiger partial charge on any atom is -0.381 e. The lowest BCUT2D eigenvalue weighted by atomic mass is 9.91. The number of hydrogen-bond donors (Lipinski definition) is 1. The Bertz CT molecular complexity index is 941. The first-order valence-corrected chi connectivity index (χ1v) is 9.98. The van der Waals surface area contributed by atoms with Crippen molar-refractivity contribution in [3.05, 3.63) is 41.1 Å². The summed E-state index contributed by atoms with van der Waals surface area (Å²) in [5.41, 5.74) is 3.17. The molecule has 0 unspecified atom stereocenters. The Hall–Kier alpha value is -2.32. The summed E-state index contributed by atoms with van der Waals surface area (Å²) in [6.45, 7) is 10.4. The van der Waals surface area contributed by atoms with Gasteiger partial charge in [-0.15, -0.1) is 0 Å². The number of hydrogen-bond acceptors (Lipinski definition) is 7. The summed E-state index contributed by atoms with van der Waals surface area (Å²) in [7, 11) is 0. The Morgan fingerprint density at radius 1 is 1.21 bits per heavy atom. The van der Waals surface area contributed by atoms with Gasteiger partial charge in [0.2, 0.25) is 11.7 Å². The number of fused-ring (bicyclic) bond motifs is 1. The predicted molar refractivity (Wildman–Crippen MR) is 104 cm³/mol. The number of rotatable bonds is 6. The second-order valence-electron chi connectivity index (χ2n) is 7.88. The van der Waals surface area contributed by atoms with Crippen LogP contribution in [0.25, 0.3) is 5.78 Å². The number of aryl methyl sites for hydroxylation is 2. The van der Waals surface area contributed by atoms with Gasteiger partial charge in [-0.1, -0.05) is 19.0 Å². The molecule has 1 aliphatic rings. The minimum atomic E-state index is -0.00633. The van der Waals surface area contributed by atoms with Crippen molar-refractivity contribution in [3.63, 3.8) is 0 Å². The molecule has 0 aliphatic carbocycles. The minimum absolute atomic E-state index is 0.00633. The molecule has 8 heteroatoms. The van der Waals surface area contributed by atoms with Gasteiger partial charge in [0, 0.05) is 37.1 Å². The molecule has 3 aromatic rings. The Balaban J connectivity index is 1.59. The van der Waals surface area contributed by atoms with E-state index in [4.69, 9.17) is 9.26 Å². The van der Waals surface area contributed by atoms with Crippen LogP contribution in [-0.4, -0.2) is 37.7 Å².